The number of thioether (sulfide) groups is 1. The van der Waals surface area contributed by atoms with Crippen LogP contribution in [0.3, 0.4) is 0 Å². The number of hydrogen-bond acceptors (Lipinski definition) is 4. The van der Waals surface area contributed by atoms with Crippen LogP contribution in [0.4, 0.5) is 0 Å². The quantitative estimate of drug-likeness (QED) is 0.742. The zero-order valence-electron chi connectivity index (χ0n) is 13.3. The molecule has 0 amide bonds. The third-order valence-corrected chi connectivity index (χ3v) is 5.55. The molecule has 0 spiro atoms. The van der Waals surface area contributed by atoms with Crippen LogP contribution in [-0.4, -0.2) is 66.6 Å². The van der Waals surface area contributed by atoms with Crippen LogP contribution in [-0.2, 0) is 0 Å². The van der Waals surface area contributed by atoms with Gasteiger partial charge in [-0.3, -0.25) is 4.90 Å². The average molecular weight is 288 g/mol. The number of hydrogen-bond donors (Lipinski definition) is 1. The topological polar surface area (TPSA) is 32.5 Å². The van der Waals surface area contributed by atoms with Crippen molar-refractivity contribution in [1.82, 2.24) is 9.80 Å². The average Bonchev–Trinajstić information content (AvgIpc) is 2.45. The minimum atomic E-state index is 0.237. The third kappa shape index (κ3) is 4.35. The van der Waals surface area contributed by atoms with Crippen molar-refractivity contribution in [3.8, 4) is 0 Å². The second kappa shape index (κ2) is 8.50. The molecular formula is C15H33N3S. The Morgan fingerprint density at radius 1 is 1.32 bits per heavy atom. The van der Waals surface area contributed by atoms with Crippen molar-refractivity contribution in [3.05, 3.63) is 0 Å². The van der Waals surface area contributed by atoms with Crippen LogP contribution in [0.1, 0.15) is 39.5 Å². The van der Waals surface area contributed by atoms with E-state index >= 15 is 0 Å². The van der Waals surface area contributed by atoms with Crippen molar-refractivity contribution in [2.45, 2.75) is 51.1 Å². The summed E-state index contributed by atoms with van der Waals surface area (Å²) in [5.41, 5.74) is 6.42. The molecule has 4 heteroatoms. The minimum Gasteiger partial charge on any atom is -0.329 e. The molecule has 1 unspecified atom stereocenters. The standard InChI is InChI=1S/C15H33N3S/c1-5-9-18-10-7-15(13-16,8-11-18)17(3)14(6-2)12-19-4/h14H,5-13,16H2,1-4H3. The summed E-state index contributed by atoms with van der Waals surface area (Å²) in [4.78, 5) is 5.20. The largest absolute Gasteiger partial charge is 0.329 e. The zero-order valence-corrected chi connectivity index (χ0v) is 14.1. The molecule has 0 aromatic carbocycles. The molecule has 114 valence electrons. The zero-order chi connectivity index (χ0) is 14.3. The van der Waals surface area contributed by atoms with Gasteiger partial charge in [-0.05, 0) is 58.6 Å². The van der Waals surface area contributed by atoms with Crippen LogP contribution in [0.25, 0.3) is 0 Å². The summed E-state index contributed by atoms with van der Waals surface area (Å²) in [6.07, 6.45) is 7.14. The summed E-state index contributed by atoms with van der Waals surface area (Å²) < 4.78 is 0. The number of nitrogens with zero attached hydrogens (tertiary/aromatic N) is 2. The van der Waals surface area contributed by atoms with Gasteiger partial charge in [-0.2, -0.15) is 11.8 Å². The molecule has 0 radical (unpaired) electrons. The molecule has 1 rings (SSSR count). The Balaban J connectivity index is 2.65. The van der Waals surface area contributed by atoms with Crippen LogP contribution in [0.5, 0.6) is 0 Å². The second-order valence-electron chi connectivity index (χ2n) is 5.90. The van der Waals surface area contributed by atoms with Gasteiger partial charge in [0.1, 0.15) is 0 Å². The Kier molecular flexibility index (Phi) is 7.73. The molecule has 1 aliphatic heterocycles. The fourth-order valence-electron chi connectivity index (χ4n) is 3.29. The van der Waals surface area contributed by atoms with Crippen LogP contribution in [0, 0.1) is 0 Å². The van der Waals surface area contributed by atoms with Gasteiger partial charge in [-0.25, -0.2) is 0 Å². The Morgan fingerprint density at radius 2 is 1.95 bits per heavy atom. The van der Waals surface area contributed by atoms with Crippen LogP contribution in [0.15, 0.2) is 0 Å². The number of piperidine rings is 1. The fourth-order valence-corrected chi connectivity index (χ4v) is 4.14. The highest BCUT2D eigenvalue weighted by Crippen LogP contribution is 2.30. The van der Waals surface area contributed by atoms with Gasteiger partial charge in [-0.15, -0.1) is 0 Å². The van der Waals surface area contributed by atoms with E-state index in [-0.39, 0.29) is 5.54 Å². The molecule has 0 saturated carbocycles. The van der Waals surface area contributed by atoms with Crippen molar-refractivity contribution in [1.29, 1.82) is 0 Å². The minimum absolute atomic E-state index is 0.237. The second-order valence-corrected chi connectivity index (χ2v) is 6.81. The maximum absolute atomic E-state index is 6.18. The maximum Gasteiger partial charge on any atom is 0.0356 e. The number of rotatable bonds is 8. The van der Waals surface area contributed by atoms with E-state index in [9.17, 15) is 0 Å². The van der Waals surface area contributed by atoms with E-state index in [1.54, 1.807) is 0 Å². The van der Waals surface area contributed by atoms with Gasteiger partial charge in [0.05, 0.1) is 0 Å². The fraction of sp³-hybridized carbons (Fsp3) is 1.00. The van der Waals surface area contributed by atoms with Gasteiger partial charge in [0.2, 0.25) is 0 Å². The van der Waals surface area contributed by atoms with Crippen molar-refractivity contribution >= 4 is 11.8 Å². The van der Waals surface area contributed by atoms with Crippen molar-refractivity contribution < 1.29 is 0 Å². The first-order chi connectivity index (χ1) is 9.13. The van der Waals surface area contributed by atoms with Crippen molar-refractivity contribution in [3.63, 3.8) is 0 Å². The van der Waals surface area contributed by atoms with Gasteiger partial charge in [0.15, 0.2) is 0 Å². The van der Waals surface area contributed by atoms with Gasteiger partial charge in [-0.1, -0.05) is 13.8 Å². The first kappa shape index (κ1) is 17.3. The molecule has 0 bridgehead atoms. The highest BCUT2D eigenvalue weighted by molar-refractivity contribution is 7.98. The predicted octanol–water partition coefficient (Wildman–Crippen LogP) is 2.26. The highest BCUT2D eigenvalue weighted by Gasteiger charge is 2.39. The first-order valence-corrected chi connectivity index (χ1v) is 9.17. The van der Waals surface area contributed by atoms with Crippen molar-refractivity contribution in [2.24, 2.45) is 5.73 Å². The molecule has 3 nitrogen and oxygen atoms in total. The lowest BCUT2D eigenvalue weighted by atomic mass is 9.84. The number of likely N-dealkylation sites (N-methyl/N-ethyl adjacent to an activating group) is 1. The first-order valence-electron chi connectivity index (χ1n) is 7.77. The Hall–Kier alpha value is 0.230. The molecule has 19 heavy (non-hydrogen) atoms. The van der Waals surface area contributed by atoms with E-state index in [2.05, 4.69) is 37.0 Å². The Bertz CT molecular complexity index is 240. The van der Waals surface area contributed by atoms with Crippen LogP contribution < -0.4 is 5.73 Å². The molecule has 1 saturated heterocycles. The third-order valence-electron chi connectivity index (χ3n) is 4.83. The molecule has 2 N–H and O–H groups in total. The SMILES string of the molecule is CCCN1CCC(CN)(N(C)C(CC)CSC)CC1. The maximum atomic E-state index is 6.18. The van der Waals surface area contributed by atoms with E-state index in [1.165, 1.54) is 51.1 Å². The Morgan fingerprint density at radius 3 is 2.37 bits per heavy atom. The molecule has 0 aromatic rings. The highest BCUT2D eigenvalue weighted by atomic mass is 32.2. The molecular weight excluding hydrogens is 254 g/mol. The van der Waals surface area contributed by atoms with Crippen LogP contribution in [0.2, 0.25) is 0 Å². The molecule has 1 aliphatic rings. The summed E-state index contributed by atoms with van der Waals surface area (Å²) in [6, 6.07) is 0.663. The van der Waals surface area contributed by atoms with Gasteiger partial charge >= 0.3 is 0 Å². The smallest absolute Gasteiger partial charge is 0.0356 e. The molecule has 0 aliphatic carbocycles. The van der Waals surface area contributed by atoms with E-state index < -0.39 is 0 Å². The van der Waals surface area contributed by atoms with E-state index in [4.69, 9.17) is 5.73 Å². The lowest BCUT2D eigenvalue weighted by molar-refractivity contribution is 0.0214. The summed E-state index contributed by atoms with van der Waals surface area (Å²) >= 11 is 1.95. The number of likely N-dealkylation sites (tertiary alicyclic amines) is 1. The Labute approximate surface area is 124 Å². The number of nitrogens with two attached hydrogens (primary N) is 1. The molecule has 1 fully saturated rings. The lowest BCUT2D eigenvalue weighted by Gasteiger charge is -2.49. The predicted molar refractivity (Wildman–Crippen MR) is 88.0 cm³/mol. The summed E-state index contributed by atoms with van der Waals surface area (Å²) in [7, 11) is 2.30. The molecule has 1 atom stereocenters. The summed E-state index contributed by atoms with van der Waals surface area (Å²) in [5.74, 6) is 1.22. The van der Waals surface area contributed by atoms with Crippen LogP contribution >= 0.6 is 11.8 Å². The van der Waals surface area contributed by atoms with E-state index in [0.717, 1.165) is 6.54 Å². The summed E-state index contributed by atoms with van der Waals surface area (Å²) in [5, 5.41) is 0. The van der Waals surface area contributed by atoms with Crippen molar-refractivity contribution in [2.75, 3.05) is 45.2 Å². The van der Waals surface area contributed by atoms with E-state index in [1.807, 2.05) is 11.8 Å². The normalized spacial score (nSPS) is 21.8. The lowest BCUT2D eigenvalue weighted by Crippen LogP contribution is -2.61. The van der Waals surface area contributed by atoms with Gasteiger partial charge in [0, 0.05) is 23.9 Å². The molecule has 0 aromatic heterocycles. The van der Waals surface area contributed by atoms with Gasteiger partial charge < -0.3 is 10.6 Å². The van der Waals surface area contributed by atoms with Gasteiger partial charge in [0.25, 0.3) is 0 Å². The van der Waals surface area contributed by atoms with E-state index in [0.29, 0.717) is 6.04 Å². The monoisotopic (exact) mass is 287 g/mol. The summed E-state index contributed by atoms with van der Waals surface area (Å²) in [6.45, 7) is 9.03. The molecule has 1 heterocycles.